The minimum absolute atomic E-state index is 0.140. The number of carbonyl (C=O) groups is 2. The van der Waals surface area contributed by atoms with E-state index in [0.29, 0.717) is 27.9 Å². The van der Waals surface area contributed by atoms with E-state index >= 15 is 0 Å². The Morgan fingerprint density at radius 3 is 2.47 bits per heavy atom. The third kappa shape index (κ3) is 8.15. The van der Waals surface area contributed by atoms with Crippen molar-refractivity contribution in [1.29, 1.82) is 0 Å². The molecule has 1 aliphatic rings. The largest absolute Gasteiger partial charge is 0.416 e. The van der Waals surface area contributed by atoms with Gasteiger partial charge in [0.1, 0.15) is 10.7 Å². The van der Waals surface area contributed by atoms with Gasteiger partial charge in [-0.25, -0.2) is 9.97 Å². The van der Waals surface area contributed by atoms with E-state index < -0.39 is 23.6 Å². The number of aliphatic hydroxyl groups excluding tert-OH is 1. The molecule has 4 N–H and O–H groups in total. The quantitative estimate of drug-likeness (QED) is 0.189. The predicted octanol–water partition coefficient (Wildman–Crippen LogP) is 5.54. The van der Waals surface area contributed by atoms with Crippen molar-refractivity contribution in [3.63, 3.8) is 0 Å². The number of carbonyl (C=O) groups excluding carboxylic acids is 2. The Bertz CT molecular complexity index is 1690. The number of piperazine rings is 1. The highest BCUT2D eigenvalue weighted by molar-refractivity contribution is 7.17. The SMILES string of the molecule is Cc1cc(Nc2ncc(C(=O)Nc3cc(NC(=O)c4cccc(C(F)(F)F)c4)ccc3C)s2)cc(N2CCN(CCO)CC2)n1. The number of alkyl halides is 3. The van der Waals surface area contributed by atoms with Gasteiger partial charge in [-0.05, 0) is 55.8 Å². The van der Waals surface area contributed by atoms with Crippen LogP contribution in [0.25, 0.3) is 0 Å². The summed E-state index contributed by atoms with van der Waals surface area (Å²) in [7, 11) is 0. The summed E-state index contributed by atoms with van der Waals surface area (Å²) in [6.07, 6.45) is -3.10. The van der Waals surface area contributed by atoms with Gasteiger partial charge in [-0.15, -0.1) is 0 Å². The molecule has 2 aromatic carbocycles. The molecule has 14 heteroatoms. The van der Waals surface area contributed by atoms with Crippen LogP contribution in [0.15, 0.2) is 60.8 Å². The molecule has 1 aliphatic heterocycles. The molecular formula is C31H32F3N7O3S. The van der Waals surface area contributed by atoms with E-state index in [2.05, 4.69) is 35.7 Å². The average Bonchev–Trinajstić information content (AvgIpc) is 3.47. The smallest absolute Gasteiger partial charge is 0.395 e. The zero-order chi connectivity index (χ0) is 32.1. The number of nitrogens with zero attached hydrogens (tertiary/aromatic N) is 4. The maximum Gasteiger partial charge on any atom is 0.416 e. The lowest BCUT2D eigenvalue weighted by Crippen LogP contribution is -2.47. The van der Waals surface area contributed by atoms with Crippen molar-refractivity contribution in [1.82, 2.24) is 14.9 Å². The van der Waals surface area contributed by atoms with Gasteiger partial charge in [-0.2, -0.15) is 13.2 Å². The number of pyridine rings is 1. The number of rotatable bonds is 9. The molecule has 10 nitrogen and oxygen atoms in total. The Balaban J connectivity index is 1.23. The van der Waals surface area contributed by atoms with Crippen LogP contribution in [-0.4, -0.2) is 71.1 Å². The Labute approximate surface area is 261 Å². The first-order valence-electron chi connectivity index (χ1n) is 14.2. The van der Waals surface area contributed by atoms with Gasteiger partial charge < -0.3 is 26.0 Å². The van der Waals surface area contributed by atoms with Crippen LogP contribution in [0.1, 0.15) is 36.9 Å². The molecule has 0 radical (unpaired) electrons. The van der Waals surface area contributed by atoms with E-state index in [1.54, 1.807) is 25.1 Å². The van der Waals surface area contributed by atoms with E-state index in [9.17, 15) is 27.9 Å². The van der Waals surface area contributed by atoms with Crippen molar-refractivity contribution in [2.45, 2.75) is 20.0 Å². The molecule has 0 bridgehead atoms. The van der Waals surface area contributed by atoms with E-state index in [0.717, 1.165) is 61.1 Å². The molecule has 0 saturated carbocycles. The van der Waals surface area contributed by atoms with Crippen molar-refractivity contribution in [2.75, 3.05) is 60.2 Å². The van der Waals surface area contributed by atoms with Gasteiger partial charge in [-0.3, -0.25) is 14.5 Å². The second-order valence-corrected chi connectivity index (χ2v) is 11.6. The summed E-state index contributed by atoms with van der Waals surface area (Å²) >= 11 is 1.17. The molecule has 236 valence electrons. The maximum atomic E-state index is 13.1. The van der Waals surface area contributed by atoms with Gasteiger partial charge in [0.15, 0.2) is 5.13 Å². The summed E-state index contributed by atoms with van der Waals surface area (Å²) < 4.78 is 39.2. The molecule has 45 heavy (non-hydrogen) atoms. The fourth-order valence-corrected chi connectivity index (χ4v) is 5.58. The fourth-order valence-electron chi connectivity index (χ4n) is 4.85. The monoisotopic (exact) mass is 639 g/mol. The normalized spacial score (nSPS) is 13.9. The van der Waals surface area contributed by atoms with E-state index in [1.165, 1.54) is 29.7 Å². The maximum absolute atomic E-state index is 13.1. The minimum atomic E-state index is -4.57. The van der Waals surface area contributed by atoms with Crippen molar-refractivity contribution >= 4 is 51.2 Å². The number of halogens is 3. The van der Waals surface area contributed by atoms with Gasteiger partial charge in [-0.1, -0.05) is 23.5 Å². The average molecular weight is 640 g/mol. The van der Waals surface area contributed by atoms with Crippen LogP contribution < -0.4 is 20.9 Å². The van der Waals surface area contributed by atoms with Gasteiger partial charge in [0.05, 0.1) is 18.4 Å². The number of hydrogen-bond donors (Lipinski definition) is 4. The summed E-state index contributed by atoms with van der Waals surface area (Å²) in [6, 6.07) is 12.8. The topological polar surface area (TPSA) is 123 Å². The first kappa shape index (κ1) is 31.9. The van der Waals surface area contributed by atoms with Crippen LogP contribution in [0.5, 0.6) is 0 Å². The lowest BCUT2D eigenvalue weighted by atomic mass is 10.1. The Kier molecular flexibility index (Phi) is 9.65. The zero-order valence-corrected chi connectivity index (χ0v) is 25.4. The number of amides is 2. The van der Waals surface area contributed by atoms with E-state index in [4.69, 9.17) is 0 Å². The third-order valence-corrected chi connectivity index (χ3v) is 8.14. The van der Waals surface area contributed by atoms with Crippen LogP contribution in [0.4, 0.5) is 41.2 Å². The summed E-state index contributed by atoms with van der Waals surface area (Å²) in [5.41, 5.74) is 2.02. The molecule has 0 aliphatic carbocycles. The van der Waals surface area contributed by atoms with E-state index in [1.807, 2.05) is 19.1 Å². The number of aryl methyl sites for hydroxylation is 2. The molecule has 0 unspecified atom stereocenters. The first-order valence-corrected chi connectivity index (χ1v) is 15.0. The standard InChI is InChI=1S/C31H32F3N7O3S/c1-19-6-7-23(37-28(43)21-4-3-5-22(15-21)31(32,33)34)16-25(19)39-29(44)26-18-35-30(45-26)38-24-14-20(2)36-27(17-24)41-10-8-40(9-11-41)12-13-42/h3-7,14-18,42H,8-13H2,1-2H3,(H,37,43)(H,39,44)(H,35,36,38). The number of aliphatic hydroxyl groups is 1. The number of hydrogen-bond acceptors (Lipinski definition) is 9. The molecule has 3 heterocycles. The zero-order valence-electron chi connectivity index (χ0n) is 24.6. The second kappa shape index (κ2) is 13.6. The van der Waals surface area contributed by atoms with Gasteiger partial charge in [0.25, 0.3) is 11.8 Å². The highest BCUT2D eigenvalue weighted by Crippen LogP contribution is 2.30. The van der Waals surface area contributed by atoms with Crippen LogP contribution in [0.2, 0.25) is 0 Å². The number of anilines is 5. The Hall–Kier alpha value is -4.53. The molecule has 0 atom stereocenters. The van der Waals surface area contributed by atoms with Crippen LogP contribution in [0.3, 0.4) is 0 Å². The minimum Gasteiger partial charge on any atom is -0.395 e. The van der Waals surface area contributed by atoms with Crippen LogP contribution in [0, 0.1) is 13.8 Å². The van der Waals surface area contributed by atoms with Crippen molar-refractivity contribution < 1.29 is 27.9 Å². The molecule has 1 saturated heterocycles. The Morgan fingerprint density at radius 1 is 0.956 bits per heavy atom. The highest BCUT2D eigenvalue weighted by Gasteiger charge is 2.31. The van der Waals surface area contributed by atoms with Crippen LogP contribution >= 0.6 is 11.3 Å². The lowest BCUT2D eigenvalue weighted by Gasteiger charge is -2.35. The van der Waals surface area contributed by atoms with Gasteiger partial charge in [0.2, 0.25) is 0 Å². The first-order chi connectivity index (χ1) is 21.5. The fraction of sp³-hybridized carbons (Fsp3) is 0.290. The van der Waals surface area contributed by atoms with Gasteiger partial charge in [0, 0.05) is 67.1 Å². The summed E-state index contributed by atoms with van der Waals surface area (Å²) in [6.45, 7) is 7.77. The van der Waals surface area contributed by atoms with Crippen molar-refractivity contribution in [3.8, 4) is 0 Å². The van der Waals surface area contributed by atoms with E-state index in [-0.39, 0.29) is 12.2 Å². The predicted molar refractivity (Wildman–Crippen MR) is 169 cm³/mol. The molecule has 4 aromatic rings. The molecular weight excluding hydrogens is 607 g/mol. The molecule has 1 fully saturated rings. The van der Waals surface area contributed by atoms with Gasteiger partial charge >= 0.3 is 6.18 Å². The number of benzene rings is 2. The number of thiazole rings is 1. The van der Waals surface area contributed by atoms with Crippen molar-refractivity contribution in [3.05, 3.63) is 88.1 Å². The molecule has 5 rings (SSSR count). The number of aromatic nitrogens is 2. The highest BCUT2D eigenvalue weighted by atomic mass is 32.1. The van der Waals surface area contributed by atoms with Crippen molar-refractivity contribution in [2.24, 2.45) is 0 Å². The lowest BCUT2D eigenvalue weighted by molar-refractivity contribution is -0.137. The van der Waals surface area contributed by atoms with Crippen LogP contribution in [-0.2, 0) is 6.18 Å². The summed E-state index contributed by atoms with van der Waals surface area (Å²) in [4.78, 5) is 39.6. The summed E-state index contributed by atoms with van der Waals surface area (Å²) in [5, 5.41) is 18.4. The number of nitrogens with one attached hydrogen (secondary N) is 3. The number of β-amino-alcohol motifs (C(OH)–C–C–N with tert-alkyl or cyclic N) is 1. The molecule has 2 amide bonds. The molecule has 2 aromatic heterocycles. The second-order valence-electron chi connectivity index (χ2n) is 10.6. The summed E-state index contributed by atoms with van der Waals surface area (Å²) in [5.74, 6) is -0.276. The third-order valence-electron chi connectivity index (χ3n) is 7.23. The Morgan fingerprint density at radius 2 is 1.73 bits per heavy atom. The molecule has 0 spiro atoms.